The minimum Gasteiger partial charge on any atom is -0.480 e. The van der Waals surface area contributed by atoms with Gasteiger partial charge in [0.2, 0.25) is 0 Å². The smallest absolute Gasteiger partial charge is 0.326 e. The van der Waals surface area contributed by atoms with E-state index in [4.69, 9.17) is 0 Å². The number of carbonyl (C=O) groups is 1. The third kappa shape index (κ3) is 2.79. The minimum absolute atomic E-state index is 0.280. The molecule has 4 rings (SSSR count). The molecule has 4 heterocycles. The number of anilines is 1. The predicted octanol–water partition coefficient (Wildman–Crippen LogP) is 5.65. The van der Waals surface area contributed by atoms with Crippen LogP contribution in [0.2, 0.25) is 0 Å². The van der Waals surface area contributed by atoms with Crippen LogP contribution in [0.25, 0.3) is 19.5 Å². The van der Waals surface area contributed by atoms with E-state index in [9.17, 15) is 9.90 Å². The molecule has 0 bridgehead atoms. The van der Waals surface area contributed by atoms with Crippen LogP contribution in [0.4, 0.5) is 5.00 Å². The fourth-order valence-electron chi connectivity index (χ4n) is 3.22. The molecule has 0 aliphatic carbocycles. The maximum absolute atomic E-state index is 11.5. The quantitative estimate of drug-likeness (QED) is 0.641. The summed E-state index contributed by atoms with van der Waals surface area (Å²) in [5, 5.41) is 12.6. The number of carboxylic acid groups (broad SMARTS) is 1. The molecule has 1 fully saturated rings. The Morgan fingerprint density at radius 3 is 2.46 bits per heavy atom. The predicted molar refractivity (Wildman–Crippen MR) is 104 cm³/mol. The van der Waals surface area contributed by atoms with Crippen LogP contribution in [0, 0.1) is 0 Å². The maximum atomic E-state index is 11.5. The zero-order valence-electron chi connectivity index (χ0n) is 13.1. The third-order valence-corrected chi connectivity index (χ3v) is 7.86. The zero-order chi connectivity index (χ0) is 16.7. The fraction of sp³-hybridized carbons (Fsp3) is 0.278. The van der Waals surface area contributed by atoms with Crippen molar-refractivity contribution in [3.63, 3.8) is 0 Å². The van der Waals surface area contributed by atoms with Gasteiger partial charge >= 0.3 is 5.97 Å². The molecule has 3 aromatic heterocycles. The van der Waals surface area contributed by atoms with Crippen molar-refractivity contribution in [3.05, 3.63) is 41.8 Å². The normalized spacial score (nSPS) is 20.6. The van der Waals surface area contributed by atoms with Gasteiger partial charge in [-0.3, -0.25) is 0 Å². The Hall–Kier alpha value is -1.63. The number of hydrogen-bond donors (Lipinski definition) is 1. The van der Waals surface area contributed by atoms with Crippen LogP contribution in [0.3, 0.4) is 0 Å². The van der Waals surface area contributed by atoms with Gasteiger partial charge in [0.25, 0.3) is 0 Å². The molecule has 1 N–H and O–H groups in total. The molecule has 3 aromatic rings. The first-order valence-electron chi connectivity index (χ1n) is 7.88. The summed E-state index contributed by atoms with van der Waals surface area (Å²) in [6, 6.07) is 12.6. The summed E-state index contributed by atoms with van der Waals surface area (Å²) in [5.74, 6) is -0.717. The molecular weight excluding hydrogens is 358 g/mol. The summed E-state index contributed by atoms with van der Waals surface area (Å²) < 4.78 is 0. The average Bonchev–Trinajstić information content (AvgIpc) is 3.32. The van der Waals surface area contributed by atoms with Gasteiger partial charge in [0.05, 0.1) is 5.00 Å². The first kappa shape index (κ1) is 15.9. The lowest BCUT2D eigenvalue weighted by molar-refractivity contribution is -0.138. The Bertz CT molecular complexity index is 849. The van der Waals surface area contributed by atoms with Gasteiger partial charge in [0.1, 0.15) is 6.04 Å². The highest BCUT2D eigenvalue weighted by atomic mass is 32.1. The molecule has 1 saturated heterocycles. The van der Waals surface area contributed by atoms with Gasteiger partial charge in [-0.15, -0.1) is 34.0 Å². The van der Waals surface area contributed by atoms with Crippen LogP contribution in [-0.2, 0) is 4.79 Å². The van der Waals surface area contributed by atoms with E-state index in [1.165, 1.54) is 19.5 Å². The number of nitrogens with zero attached hydrogens (tertiary/aromatic N) is 1. The van der Waals surface area contributed by atoms with Crippen molar-refractivity contribution < 1.29 is 9.90 Å². The summed E-state index contributed by atoms with van der Waals surface area (Å²) in [4.78, 5) is 18.6. The Morgan fingerprint density at radius 1 is 1.04 bits per heavy atom. The zero-order valence-corrected chi connectivity index (χ0v) is 15.6. The van der Waals surface area contributed by atoms with Crippen molar-refractivity contribution in [3.8, 4) is 19.5 Å². The van der Waals surface area contributed by atoms with Crippen molar-refractivity contribution in [1.29, 1.82) is 0 Å². The van der Waals surface area contributed by atoms with E-state index in [0.29, 0.717) is 0 Å². The van der Waals surface area contributed by atoms with E-state index in [2.05, 4.69) is 53.6 Å². The van der Waals surface area contributed by atoms with E-state index < -0.39 is 12.0 Å². The van der Waals surface area contributed by atoms with Gasteiger partial charge < -0.3 is 10.0 Å². The van der Waals surface area contributed by atoms with Crippen LogP contribution >= 0.6 is 34.0 Å². The van der Waals surface area contributed by atoms with E-state index in [0.717, 1.165) is 17.8 Å². The number of carboxylic acids is 1. The Kier molecular flexibility index (Phi) is 4.20. The van der Waals surface area contributed by atoms with Gasteiger partial charge in [-0.2, -0.15) is 0 Å². The van der Waals surface area contributed by atoms with E-state index in [1.54, 1.807) is 34.0 Å². The lowest BCUT2D eigenvalue weighted by atomic mass is 10.2. The van der Waals surface area contributed by atoms with E-state index >= 15 is 0 Å². The molecule has 3 nitrogen and oxygen atoms in total. The molecule has 0 amide bonds. The molecule has 0 saturated carbocycles. The molecule has 1 unspecified atom stereocenters. The second kappa shape index (κ2) is 6.35. The minimum atomic E-state index is -0.717. The monoisotopic (exact) mass is 375 g/mol. The van der Waals surface area contributed by atoms with Crippen molar-refractivity contribution in [1.82, 2.24) is 0 Å². The fourth-order valence-corrected chi connectivity index (χ4v) is 6.31. The SMILES string of the molecule is CC1CC[C@@H](C(=O)O)N1c1ccc(-c2ccc(-c3cccs3)s2)s1. The van der Waals surface area contributed by atoms with Gasteiger partial charge in [-0.05, 0) is 55.5 Å². The van der Waals surface area contributed by atoms with E-state index in [1.807, 2.05) is 0 Å². The van der Waals surface area contributed by atoms with Crippen molar-refractivity contribution in [2.24, 2.45) is 0 Å². The van der Waals surface area contributed by atoms with Gasteiger partial charge in [-0.1, -0.05) is 6.07 Å². The summed E-state index contributed by atoms with van der Waals surface area (Å²) in [6.45, 7) is 2.11. The average molecular weight is 376 g/mol. The molecule has 0 spiro atoms. The third-order valence-electron chi connectivity index (χ3n) is 4.41. The second-order valence-electron chi connectivity index (χ2n) is 5.97. The van der Waals surface area contributed by atoms with Crippen molar-refractivity contribution >= 4 is 45.0 Å². The van der Waals surface area contributed by atoms with E-state index in [-0.39, 0.29) is 6.04 Å². The highest BCUT2D eigenvalue weighted by molar-refractivity contribution is 7.27. The molecule has 124 valence electrons. The summed E-state index contributed by atoms with van der Waals surface area (Å²) >= 11 is 5.24. The van der Waals surface area contributed by atoms with Crippen LogP contribution in [0.15, 0.2) is 41.8 Å². The number of hydrogen-bond acceptors (Lipinski definition) is 5. The van der Waals surface area contributed by atoms with Crippen molar-refractivity contribution in [2.45, 2.75) is 31.8 Å². The molecular formula is C18H17NO2S3. The standard InChI is InChI=1S/C18H17NO2S3/c1-11-4-5-12(18(20)21)19(11)17-9-8-16(24-17)15-7-6-14(23-15)13-3-2-10-22-13/h2-3,6-12H,4-5H2,1H3,(H,20,21)/t11?,12-/m0/s1. The van der Waals surface area contributed by atoms with Gasteiger partial charge in [0.15, 0.2) is 0 Å². The van der Waals surface area contributed by atoms with Gasteiger partial charge in [0, 0.05) is 25.6 Å². The molecule has 2 atom stereocenters. The first-order valence-corrected chi connectivity index (χ1v) is 10.4. The topological polar surface area (TPSA) is 40.5 Å². The Balaban J connectivity index is 1.62. The molecule has 1 aliphatic heterocycles. The molecule has 0 radical (unpaired) electrons. The molecule has 6 heteroatoms. The first-order chi connectivity index (χ1) is 11.6. The summed E-state index contributed by atoms with van der Waals surface area (Å²) in [7, 11) is 0. The lowest BCUT2D eigenvalue weighted by Crippen LogP contribution is -2.39. The summed E-state index contributed by atoms with van der Waals surface area (Å²) in [6.07, 6.45) is 1.66. The van der Waals surface area contributed by atoms with Crippen LogP contribution < -0.4 is 4.90 Å². The van der Waals surface area contributed by atoms with Gasteiger partial charge in [-0.25, -0.2) is 4.79 Å². The Labute approximate surface area is 152 Å². The second-order valence-corrected chi connectivity index (χ2v) is 9.06. The largest absolute Gasteiger partial charge is 0.480 e. The van der Waals surface area contributed by atoms with Crippen LogP contribution in [-0.4, -0.2) is 23.2 Å². The highest BCUT2D eigenvalue weighted by Gasteiger charge is 2.36. The Morgan fingerprint density at radius 2 is 1.75 bits per heavy atom. The highest BCUT2D eigenvalue weighted by Crippen LogP contribution is 2.43. The number of aliphatic carboxylic acids is 1. The van der Waals surface area contributed by atoms with Crippen LogP contribution in [0.5, 0.6) is 0 Å². The molecule has 24 heavy (non-hydrogen) atoms. The van der Waals surface area contributed by atoms with Crippen LogP contribution in [0.1, 0.15) is 19.8 Å². The number of rotatable bonds is 4. The lowest BCUT2D eigenvalue weighted by Gasteiger charge is -2.26. The van der Waals surface area contributed by atoms with Crippen molar-refractivity contribution in [2.75, 3.05) is 4.90 Å². The maximum Gasteiger partial charge on any atom is 0.326 e. The molecule has 1 aliphatic rings. The summed E-state index contributed by atoms with van der Waals surface area (Å²) in [5.41, 5.74) is 0. The molecule has 0 aromatic carbocycles. The number of thiophene rings is 3.